The average molecular weight is 539 g/mol. The molecular formula is C21H18N2O9S3. The van der Waals surface area contributed by atoms with Crippen LogP contribution in [0.25, 0.3) is 21.5 Å². The van der Waals surface area contributed by atoms with Gasteiger partial charge >= 0.3 is 0 Å². The number of rotatable bonds is 7. The van der Waals surface area contributed by atoms with Gasteiger partial charge in [-0.2, -0.15) is 8.42 Å². The fraction of sp³-hybridized carbons (Fsp3) is 0.0476. The highest BCUT2D eigenvalue weighted by atomic mass is 32.2. The lowest BCUT2D eigenvalue weighted by Gasteiger charge is -2.14. The fourth-order valence-electron chi connectivity index (χ4n) is 3.66. The zero-order valence-electron chi connectivity index (χ0n) is 17.8. The lowest BCUT2D eigenvalue weighted by Crippen LogP contribution is -2.14. The zero-order chi connectivity index (χ0) is 25.5. The molecule has 0 atom stereocenters. The van der Waals surface area contributed by atoms with Gasteiger partial charge in [0.15, 0.2) is 0 Å². The van der Waals surface area contributed by atoms with Crippen LogP contribution in [0, 0.1) is 6.92 Å². The van der Waals surface area contributed by atoms with Crippen molar-refractivity contribution < 1.29 is 41.1 Å². The summed E-state index contributed by atoms with van der Waals surface area (Å²) in [4.78, 5) is -0.458. The first-order chi connectivity index (χ1) is 16.4. The molecule has 0 fully saturated rings. The average Bonchev–Trinajstić information content (AvgIpc) is 2.79. The fourth-order valence-corrected chi connectivity index (χ4v) is 5.96. The number of hydrogen-bond acceptors (Lipinski definition) is 10. The maximum atomic E-state index is 13.2. The summed E-state index contributed by atoms with van der Waals surface area (Å²) in [5, 5.41) is 23.2. The maximum absolute atomic E-state index is 13.2. The Labute approximate surface area is 204 Å². The lowest BCUT2D eigenvalue weighted by molar-refractivity contribution is -0.432. The highest BCUT2D eigenvalue weighted by molar-refractivity contribution is 7.94. The predicted molar refractivity (Wildman–Crippen MR) is 130 cm³/mol. The molecule has 0 saturated heterocycles. The molecule has 0 bridgehead atoms. The van der Waals surface area contributed by atoms with E-state index in [-0.39, 0.29) is 37.7 Å². The number of hydrogen-bond donors (Lipinski definition) is 5. The number of phenols is 1. The molecule has 0 aliphatic carbocycles. The van der Waals surface area contributed by atoms with Crippen molar-refractivity contribution in [1.29, 1.82) is 0 Å². The summed E-state index contributed by atoms with van der Waals surface area (Å²) in [5.41, 5.74) is 6.50. The van der Waals surface area contributed by atoms with Gasteiger partial charge in [-0.05, 0) is 48.2 Å². The first-order valence-corrected chi connectivity index (χ1v) is 13.3. The van der Waals surface area contributed by atoms with Crippen molar-refractivity contribution in [3.05, 3.63) is 60.2 Å². The Hall–Kier alpha value is -3.11. The molecule has 11 nitrogen and oxygen atoms in total. The van der Waals surface area contributed by atoms with Crippen LogP contribution in [0.2, 0.25) is 0 Å². The van der Waals surface area contributed by atoms with Gasteiger partial charge in [-0.25, -0.2) is 13.7 Å². The largest absolute Gasteiger partial charge is 0.508 e. The van der Waals surface area contributed by atoms with Crippen LogP contribution in [-0.2, 0) is 29.5 Å². The monoisotopic (exact) mass is 538 g/mol. The van der Waals surface area contributed by atoms with Crippen molar-refractivity contribution in [2.24, 2.45) is 0 Å². The first-order valence-electron chi connectivity index (χ1n) is 9.66. The van der Waals surface area contributed by atoms with Gasteiger partial charge in [0.1, 0.15) is 10.6 Å². The minimum absolute atomic E-state index is 0.0260. The summed E-state index contributed by atoms with van der Waals surface area (Å²) < 4.78 is 66.9. The first kappa shape index (κ1) is 25.0. The SMILES string of the molecule is Cc1c(O)cc(N)c2cc(S(=O)(=O)Nc3cc(S(=O)(=O)O)c4cccc(SOOO)c4c3)ccc12. The quantitative estimate of drug-likeness (QED) is 0.0751. The van der Waals surface area contributed by atoms with Crippen molar-refractivity contribution in [3.63, 3.8) is 0 Å². The Kier molecular flexibility index (Phi) is 6.54. The smallest absolute Gasteiger partial charge is 0.295 e. The summed E-state index contributed by atoms with van der Waals surface area (Å²) in [6.45, 7) is 1.66. The highest BCUT2D eigenvalue weighted by Gasteiger charge is 2.22. The molecular weight excluding hydrogens is 520 g/mol. The van der Waals surface area contributed by atoms with Crippen LogP contribution in [-0.4, -0.2) is 31.8 Å². The van der Waals surface area contributed by atoms with Gasteiger partial charge in [-0.15, -0.1) is 4.33 Å². The van der Waals surface area contributed by atoms with Crippen LogP contribution >= 0.6 is 12.0 Å². The molecule has 4 aromatic rings. The number of anilines is 2. The summed E-state index contributed by atoms with van der Waals surface area (Å²) >= 11 is 0.538. The Morgan fingerprint density at radius 1 is 0.943 bits per heavy atom. The van der Waals surface area contributed by atoms with Gasteiger partial charge in [-0.3, -0.25) is 9.27 Å². The molecule has 0 unspecified atom stereocenters. The predicted octanol–water partition coefficient (Wildman–Crippen LogP) is 4.07. The molecule has 0 heterocycles. The van der Waals surface area contributed by atoms with Crippen molar-refractivity contribution in [2.45, 2.75) is 21.6 Å². The van der Waals surface area contributed by atoms with Crippen molar-refractivity contribution in [3.8, 4) is 5.75 Å². The van der Waals surface area contributed by atoms with Gasteiger partial charge in [-0.1, -0.05) is 23.2 Å². The Bertz CT molecular complexity index is 1690. The van der Waals surface area contributed by atoms with Crippen LogP contribution in [0.1, 0.15) is 5.56 Å². The van der Waals surface area contributed by atoms with Gasteiger partial charge in [0.25, 0.3) is 20.1 Å². The summed E-state index contributed by atoms with van der Waals surface area (Å²) in [6, 6.07) is 12.2. The summed E-state index contributed by atoms with van der Waals surface area (Å²) in [6.07, 6.45) is 0. The molecule has 0 aromatic heterocycles. The van der Waals surface area contributed by atoms with E-state index in [0.717, 1.165) is 6.07 Å². The second-order valence-electron chi connectivity index (χ2n) is 7.45. The molecule has 6 N–H and O–H groups in total. The topological polar surface area (TPSA) is 185 Å². The van der Waals surface area contributed by atoms with Crippen molar-refractivity contribution in [2.75, 3.05) is 10.5 Å². The molecule has 0 amide bonds. The number of benzene rings is 4. The highest BCUT2D eigenvalue weighted by Crippen LogP contribution is 2.36. The van der Waals surface area contributed by atoms with Crippen LogP contribution in [0.5, 0.6) is 5.75 Å². The number of nitrogens with two attached hydrogens (primary N) is 1. The molecule has 35 heavy (non-hydrogen) atoms. The van der Waals surface area contributed by atoms with Gasteiger partial charge < -0.3 is 10.8 Å². The van der Waals surface area contributed by atoms with E-state index in [1.807, 2.05) is 0 Å². The van der Waals surface area contributed by atoms with Crippen LogP contribution < -0.4 is 10.5 Å². The van der Waals surface area contributed by atoms with Crippen LogP contribution in [0.15, 0.2) is 69.3 Å². The van der Waals surface area contributed by atoms with Crippen LogP contribution in [0.4, 0.5) is 11.4 Å². The molecule has 0 aliphatic rings. The minimum atomic E-state index is -4.76. The minimum Gasteiger partial charge on any atom is -0.508 e. The second-order valence-corrected chi connectivity index (χ2v) is 11.3. The van der Waals surface area contributed by atoms with E-state index in [0.29, 0.717) is 28.4 Å². The molecule has 4 aromatic carbocycles. The van der Waals surface area contributed by atoms with E-state index in [2.05, 4.69) is 14.1 Å². The number of aryl methyl sites for hydroxylation is 1. The number of aromatic hydroxyl groups is 1. The van der Waals surface area contributed by atoms with Crippen LogP contribution in [0.3, 0.4) is 0 Å². The van der Waals surface area contributed by atoms with E-state index in [1.54, 1.807) is 6.92 Å². The number of nitrogen functional groups attached to an aromatic ring is 1. The molecule has 0 aliphatic heterocycles. The summed E-state index contributed by atoms with van der Waals surface area (Å²) in [5.74, 6) is -0.0260. The standard InChI is InChI=1S/C21H18N2O9S3/c1-11-14-6-5-13(9-16(14)18(22)10-19(11)24)34(26,27)23-12-7-17-15(21(8-12)35(28,29)30)3-2-4-20(17)33-32-31-25/h2-10,23-25H,22H2,1H3,(H,28,29,30). The lowest BCUT2D eigenvalue weighted by atomic mass is 10.0. The van der Waals surface area contributed by atoms with Gasteiger partial charge in [0.2, 0.25) is 0 Å². The third kappa shape index (κ3) is 4.85. The second kappa shape index (κ2) is 9.16. The molecule has 0 saturated carbocycles. The normalized spacial score (nSPS) is 12.3. The molecule has 14 heteroatoms. The van der Waals surface area contributed by atoms with Crippen molar-refractivity contribution >= 4 is 65.1 Å². The third-order valence-electron chi connectivity index (χ3n) is 5.30. The Morgan fingerprint density at radius 2 is 1.69 bits per heavy atom. The van der Waals surface area contributed by atoms with E-state index < -0.39 is 25.0 Å². The summed E-state index contributed by atoms with van der Waals surface area (Å²) in [7, 11) is -9.01. The molecule has 0 radical (unpaired) electrons. The molecule has 184 valence electrons. The Morgan fingerprint density at radius 3 is 2.37 bits per heavy atom. The van der Waals surface area contributed by atoms with Crippen molar-refractivity contribution in [1.82, 2.24) is 0 Å². The maximum Gasteiger partial charge on any atom is 0.295 e. The number of nitrogens with one attached hydrogen (secondary N) is 1. The van der Waals surface area contributed by atoms with Gasteiger partial charge in [0.05, 0.1) is 22.6 Å². The third-order valence-corrected chi connectivity index (χ3v) is 8.23. The van der Waals surface area contributed by atoms with E-state index in [1.165, 1.54) is 48.5 Å². The number of fused-ring (bicyclic) bond motifs is 2. The number of sulfonamides is 1. The number of phenolic OH excluding ortho intramolecular Hbond substituents is 1. The zero-order valence-corrected chi connectivity index (χ0v) is 20.2. The Balaban J connectivity index is 1.85. The van der Waals surface area contributed by atoms with E-state index >= 15 is 0 Å². The van der Waals surface area contributed by atoms with Gasteiger partial charge in [0, 0.05) is 32.8 Å². The van der Waals surface area contributed by atoms with E-state index in [4.69, 9.17) is 11.0 Å². The molecule has 4 rings (SSSR count). The van der Waals surface area contributed by atoms with E-state index in [9.17, 15) is 26.5 Å². The molecule has 0 spiro atoms.